The molecule has 26 heavy (non-hydrogen) atoms. The van der Waals surface area contributed by atoms with Crippen LogP contribution in [0.1, 0.15) is 59.3 Å². The van der Waals surface area contributed by atoms with Crippen molar-refractivity contribution >= 4 is 17.8 Å². The topological polar surface area (TPSA) is 98.7 Å². The molecule has 0 radical (unpaired) electrons. The molecule has 148 valence electrons. The third kappa shape index (κ3) is 5.19. The van der Waals surface area contributed by atoms with E-state index in [2.05, 4.69) is 29.4 Å². The van der Waals surface area contributed by atoms with Crippen LogP contribution in [-0.2, 0) is 14.4 Å². The zero-order valence-corrected chi connectivity index (χ0v) is 16.2. The van der Waals surface area contributed by atoms with Gasteiger partial charge in [0.1, 0.15) is 6.54 Å². The zero-order valence-electron chi connectivity index (χ0n) is 16.2. The van der Waals surface area contributed by atoms with Gasteiger partial charge >= 0.3 is 5.97 Å². The van der Waals surface area contributed by atoms with E-state index in [1.165, 1.54) is 0 Å². The number of rotatable bonds is 7. The van der Waals surface area contributed by atoms with Gasteiger partial charge in [-0.25, -0.2) is 0 Å². The highest BCUT2D eigenvalue weighted by Gasteiger charge is 2.45. The minimum Gasteiger partial charge on any atom is -0.480 e. The minimum absolute atomic E-state index is 0.00244. The second kappa shape index (κ2) is 9.35. The summed E-state index contributed by atoms with van der Waals surface area (Å²) in [6, 6.07) is 0.521. The number of carboxylic acids is 1. The standard InChI is InChI=1S/C19H33N3O4/c1-4-12(2)21-19(26)15-9-13(3)22(11-17(23)20-10-18(24)25)16-8-6-5-7-14(15)16/h12-16H,4-11H2,1-3H3,(H,20,23)(H,21,26)(H,24,25). The number of nitrogens with one attached hydrogen (secondary N) is 2. The highest BCUT2D eigenvalue weighted by molar-refractivity contribution is 5.83. The number of carboxylic acid groups (broad SMARTS) is 1. The molecule has 2 amide bonds. The van der Waals surface area contributed by atoms with Crippen LogP contribution in [0.25, 0.3) is 0 Å². The van der Waals surface area contributed by atoms with Gasteiger partial charge in [-0.15, -0.1) is 0 Å². The molecule has 1 saturated heterocycles. The Hall–Kier alpha value is -1.63. The number of amides is 2. The molecule has 2 rings (SSSR count). The van der Waals surface area contributed by atoms with Crippen LogP contribution < -0.4 is 10.6 Å². The summed E-state index contributed by atoms with van der Waals surface area (Å²) in [5, 5.41) is 14.3. The first-order chi connectivity index (χ1) is 12.3. The molecule has 2 aliphatic rings. The van der Waals surface area contributed by atoms with Crippen molar-refractivity contribution in [2.24, 2.45) is 11.8 Å². The van der Waals surface area contributed by atoms with Gasteiger partial charge < -0.3 is 15.7 Å². The fourth-order valence-electron chi connectivity index (χ4n) is 4.45. The molecule has 0 bridgehead atoms. The molecule has 1 saturated carbocycles. The van der Waals surface area contributed by atoms with Crippen molar-refractivity contribution < 1.29 is 19.5 Å². The molecule has 0 aromatic carbocycles. The summed E-state index contributed by atoms with van der Waals surface area (Å²) < 4.78 is 0. The van der Waals surface area contributed by atoms with E-state index in [0.717, 1.165) is 38.5 Å². The number of hydrogen-bond acceptors (Lipinski definition) is 4. The van der Waals surface area contributed by atoms with Crippen molar-refractivity contribution in [2.75, 3.05) is 13.1 Å². The Morgan fingerprint density at radius 3 is 2.58 bits per heavy atom. The van der Waals surface area contributed by atoms with Gasteiger partial charge in [-0.1, -0.05) is 19.8 Å². The van der Waals surface area contributed by atoms with Crippen LogP contribution in [0.3, 0.4) is 0 Å². The molecule has 5 unspecified atom stereocenters. The zero-order chi connectivity index (χ0) is 19.3. The number of nitrogens with zero attached hydrogens (tertiary/aromatic N) is 1. The van der Waals surface area contributed by atoms with E-state index in [4.69, 9.17) is 5.11 Å². The lowest BCUT2D eigenvalue weighted by atomic mass is 9.69. The molecule has 5 atom stereocenters. The number of likely N-dealkylation sites (tertiary alicyclic amines) is 1. The smallest absolute Gasteiger partial charge is 0.322 e. The Bertz CT molecular complexity index is 525. The maximum absolute atomic E-state index is 12.8. The molecule has 0 spiro atoms. The van der Waals surface area contributed by atoms with Crippen LogP contribution in [0.5, 0.6) is 0 Å². The average molecular weight is 367 g/mol. The van der Waals surface area contributed by atoms with Crippen molar-refractivity contribution in [3.05, 3.63) is 0 Å². The first kappa shape index (κ1) is 20.7. The largest absolute Gasteiger partial charge is 0.480 e. The SMILES string of the molecule is CCC(C)NC(=O)C1CC(C)N(CC(=O)NCC(=O)O)C2CCCCC12. The molecular weight excluding hydrogens is 334 g/mol. The van der Waals surface area contributed by atoms with Crippen LogP contribution in [0.4, 0.5) is 0 Å². The Kier molecular flexibility index (Phi) is 7.43. The number of carbonyl (C=O) groups excluding carboxylic acids is 2. The van der Waals surface area contributed by atoms with Gasteiger partial charge in [0, 0.05) is 24.0 Å². The Morgan fingerprint density at radius 2 is 1.92 bits per heavy atom. The van der Waals surface area contributed by atoms with E-state index in [1.54, 1.807) is 0 Å². The number of fused-ring (bicyclic) bond motifs is 1. The van der Waals surface area contributed by atoms with E-state index in [9.17, 15) is 14.4 Å². The van der Waals surface area contributed by atoms with Crippen LogP contribution in [0, 0.1) is 11.8 Å². The van der Waals surface area contributed by atoms with E-state index >= 15 is 0 Å². The van der Waals surface area contributed by atoms with E-state index in [-0.39, 0.29) is 54.9 Å². The van der Waals surface area contributed by atoms with Crippen molar-refractivity contribution in [3.8, 4) is 0 Å². The molecule has 0 aromatic rings. The molecular formula is C19H33N3O4. The Balaban J connectivity index is 2.06. The van der Waals surface area contributed by atoms with Gasteiger partial charge in [-0.3, -0.25) is 19.3 Å². The van der Waals surface area contributed by atoms with Gasteiger partial charge in [-0.05, 0) is 45.4 Å². The highest BCUT2D eigenvalue weighted by Crippen LogP contribution is 2.41. The number of piperidine rings is 1. The summed E-state index contributed by atoms with van der Waals surface area (Å²) >= 11 is 0. The van der Waals surface area contributed by atoms with E-state index < -0.39 is 5.97 Å². The summed E-state index contributed by atoms with van der Waals surface area (Å²) in [5.74, 6) is -0.870. The third-order valence-electron chi connectivity index (χ3n) is 5.99. The average Bonchev–Trinajstić information content (AvgIpc) is 2.61. The van der Waals surface area contributed by atoms with Gasteiger partial charge in [-0.2, -0.15) is 0 Å². The molecule has 3 N–H and O–H groups in total. The summed E-state index contributed by atoms with van der Waals surface area (Å²) in [4.78, 5) is 37.8. The second-order valence-corrected chi connectivity index (χ2v) is 7.87. The van der Waals surface area contributed by atoms with Crippen LogP contribution in [0.2, 0.25) is 0 Å². The van der Waals surface area contributed by atoms with Crippen LogP contribution >= 0.6 is 0 Å². The molecule has 7 heteroatoms. The van der Waals surface area contributed by atoms with Gasteiger partial charge in [0.2, 0.25) is 11.8 Å². The van der Waals surface area contributed by atoms with Gasteiger partial charge in [0.15, 0.2) is 0 Å². The predicted molar refractivity (Wildman–Crippen MR) is 98.6 cm³/mol. The Labute approximate surface area is 155 Å². The molecule has 7 nitrogen and oxygen atoms in total. The molecule has 1 aliphatic heterocycles. The summed E-state index contributed by atoms with van der Waals surface area (Å²) in [6.45, 7) is 6.01. The fourth-order valence-corrected chi connectivity index (χ4v) is 4.45. The number of carbonyl (C=O) groups is 3. The normalized spacial score (nSPS) is 30.1. The summed E-state index contributed by atoms with van der Waals surface area (Å²) in [7, 11) is 0. The second-order valence-electron chi connectivity index (χ2n) is 7.87. The van der Waals surface area contributed by atoms with E-state index in [1.807, 2.05) is 6.92 Å². The lowest BCUT2D eigenvalue weighted by molar-refractivity contribution is -0.140. The molecule has 1 heterocycles. The quantitative estimate of drug-likeness (QED) is 0.631. The number of aliphatic carboxylic acids is 1. The predicted octanol–water partition coefficient (Wildman–Crippen LogP) is 1.37. The first-order valence-electron chi connectivity index (χ1n) is 9.88. The highest BCUT2D eigenvalue weighted by atomic mass is 16.4. The van der Waals surface area contributed by atoms with Crippen molar-refractivity contribution in [3.63, 3.8) is 0 Å². The summed E-state index contributed by atoms with van der Waals surface area (Å²) in [6.07, 6.45) is 5.91. The molecule has 1 aliphatic carbocycles. The minimum atomic E-state index is -1.04. The van der Waals surface area contributed by atoms with Crippen LogP contribution in [-0.4, -0.2) is 59.0 Å². The third-order valence-corrected chi connectivity index (χ3v) is 5.99. The van der Waals surface area contributed by atoms with Gasteiger partial charge in [0.25, 0.3) is 0 Å². The maximum atomic E-state index is 12.8. The lowest BCUT2D eigenvalue weighted by Crippen LogP contribution is -2.59. The molecule has 2 fully saturated rings. The van der Waals surface area contributed by atoms with E-state index in [0.29, 0.717) is 0 Å². The lowest BCUT2D eigenvalue weighted by Gasteiger charge is -2.50. The van der Waals surface area contributed by atoms with Crippen LogP contribution in [0.15, 0.2) is 0 Å². The van der Waals surface area contributed by atoms with Gasteiger partial charge in [0.05, 0.1) is 6.54 Å². The van der Waals surface area contributed by atoms with Crippen molar-refractivity contribution in [2.45, 2.75) is 77.4 Å². The first-order valence-corrected chi connectivity index (χ1v) is 9.88. The molecule has 0 aromatic heterocycles. The monoisotopic (exact) mass is 367 g/mol. The fraction of sp³-hybridized carbons (Fsp3) is 0.842. The maximum Gasteiger partial charge on any atom is 0.322 e. The number of hydrogen-bond donors (Lipinski definition) is 3. The van der Waals surface area contributed by atoms with Crippen molar-refractivity contribution in [1.82, 2.24) is 15.5 Å². The van der Waals surface area contributed by atoms with Crippen molar-refractivity contribution in [1.29, 1.82) is 0 Å². The Morgan fingerprint density at radius 1 is 1.23 bits per heavy atom. The summed E-state index contributed by atoms with van der Waals surface area (Å²) in [5.41, 5.74) is 0.